The second-order valence-corrected chi connectivity index (χ2v) is 6.92. The smallest absolute Gasteiger partial charge is 0.230 e. The van der Waals surface area contributed by atoms with Crippen molar-refractivity contribution in [3.05, 3.63) is 58.6 Å². The number of benzene rings is 2. The lowest BCUT2D eigenvalue weighted by molar-refractivity contribution is -0.118. The van der Waals surface area contributed by atoms with E-state index in [-0.39, 0.29) is 5.91 Å². The number of rotatable bonds is 6. The Morgan fingerprint density at radius 2 is 2.12 bits per heavy atom. The quantitative estimate of drug-likeness (QED) is 0.654. The first-order valence-electron chi connectivity index (χ1n) is 7.71. The topological polar surface area (TPSA) is 57.8 Å². The number of halogens is 1. The van der Waals surface area contributed by atoms with Crippen molar-refractivity contribution in [1.29, 1.82) is 0 Å². The summed E-state index contributed by atoms with van der Waals surface area (Å²) in [5.74, 6) is 0.341. The van der Waals surface area contributed by atoms with Gasteiger partial charge in [-0.2, -0.15) is 0 Å². The Labute approximate surface area is 150 Å². The lowest BCUT2D eigenvalue weighted by atomic mass is 10.1. The molecule has 1 amide bonds. The number of carbonyl (C=O) groups is 1. The van der Waals surface area contributed by atoms with Crippen molar-refractivity contribution in [2.45, 2.75) is 18.5 Å². The summed E-state index contributed by atoms with van der Waals surface area (Å²) in [6.45, 7) is 2.72. The molecule has 0 saturated carbocycles. The highest BCUT2D eigenvalue weighted by Gasteiger charge is 2.07. The molecule has 0 bridgehead atoms. The van der Waals surface area contributed by atoms with Crippen molar-refractivity contribution in [1.82, 2.24) is 15.3 Å². The Bertz CT molecular complexity index is 862. The van der Waals surface area contributed by atoms with Gasteiger partial charge in [0, 0.05) is 11.6 Å². The van der Waals surface area contributed by atoms with E-state index in [2.05, 4.69) is 34.3 Å². The van der Waals surface area contributed by atoms with Gasteiger partial charge >= 0.3 is 0 Å². The number of fused-ring (bicyclic) bond motifs is 1. The fourth-order valence-electron chi connectivity index (χ4n) is 2.44. The first-order chi connectivity index (χ1) is 11.6. The first-order valence-corrected chi connectivity index (χ1v) is 9.07. The van der Waals surface area contributed by atoms with Crippen LogP contribution in [0, 0.1) is 6.92 Å². The van der Waals surface area contributed by atoms with Crippen molar-refractivity contribution >= 4 is 40.3 Å². The van der Waals surface area contributed by atoms with Crippen LogP contribution in [-0.4, -0.2) is 28.2 Å². The van der Waals surface area contributed by atoms with Gasteiger partial charge in [0.1, 0.15) is 0 Å². The van der Waals surface area contributed by atoms with Gasteiger partial charge in [-0.1, -0.05) is 47.6 Å². The Hall–Kier alpha value is -1.98. The number of carbonyl (C=O) groups excluding carboxylic acids is 1. The predicted octanol–water partition coefficient (Wildman–Crippen LogP) is 3.98. The molecule has 2 aromatic carbocycles. The highest BCUT2D eigenvalue weighted by molar-refractivity contribution is 7.99. The van der Waals surface area contributed by atoms with Gasteiger partial charge in [-0.15, -0.1) is 0 Å². The number of hydrogen-bond acceptors (Lipinski definition) is 3. The maximum absolute atomic E-state index is 12.0. The van der Waals surface area contributed by atoms with Gasteiger partial charge in [0.15, 0.2) is 5.16 Å². The number of amides is 1. The van der Waals surface area contributed by atoms with Crippen molar-refractivity contribution in [3.63, 3.8) is 0 Å². The minimum atomic E-state index is 0.00655. The molecule has 3 aromatic rings. The molecule has 0 atom stereocenters. The maximum Gasteiger partial charge on any atom is 0.230 e. The number of aromatic nitrogens is 2. The van der Waals surface area contributed by atoms with Crippen LogP contribution in [0.3, 0.4) is 0 Å². The van der Waals surface area contributed by atoms with Gasteiger partial charge in [-0.25, -0.2) is 4.98 Å². The molecule has 24 heavy (non-hydrogen) atoms. The molecule has 3 rings (SSSR count). The molecule has 0 aliphatic heterocycles. The third kappa shape index (κ3) is 4.30. The summed E-state index contributed by atoms with van der Waals surface area (Å²) in [6, 6.07) is 13.7. The van der Waals surface area contributed by atoms with Crippen LogP contribution >= 0.6 is 23.4 Å². The number of aryl methyl sites for hydroxylation is 1. The molecular weight excluding hydrogens is 342 g/mol. The molecule has 0 unspecified atom stereocenters. The SMILES string of the molecule is Cc1ccccc1CCNC(=O)CSc1nc2ccc(Cl)cc2[nH]1. The number of nitrogens with one attached hydrogen (secondary N) is 2. The number of aromatic amines is 1. The molecular formula is C18H18ClN3OS. The zero-order valence-corrected chi connectivity index (χ0v) is 14.9. The Kier molecular flexibility index (Phi) is 5.43. The van der Waals surface area contributed by atoms with Crippen LogP contribution in [-0.2, 0) is 11.2 Å². The molecule has 1 aromatic heterocycles. The number of imidazole rings is 1. The minimum Gasteiger partial charge on any atom is -0.355 e. The van der Waals surface area contributed by atoms with Gasteiger partial charge in [-0.05, 0) is 42.7 Å². The van der Waals surface area contributed by atoms with Crippen LogP contribution in [0.15, 0.2) is 47.6 Å². The van der Waals surface area contributed by atoms with Crippen LogP contribution < -0.4 is 5.32 Å². The Balaban J connectivity index is 1.47. The van der Waals surface area contributed by atoms with Crippen LogP contribution in [0.2, 0.25) is 5.02 Å². The summed E-state index contributed by atoms with van der Waals surface area (Å²) >= 11 is 7.34. The molecule has 4 nitrogen and oxygen atoms in total. The van der Waals surface area contributed by atoms with E-state index in [1.807, 2.05) is 24.3 Å². The van der Waals surface area contributed by atoms with Gasteiger partial charge in [0.25, 0.3) is 0 Å². The van der Waals surface area contributed by atoms with Crippen LogP contribution in [0.25, 0.3) is 11.0 Å². The summed E-state index contributed by atoms with van der Waals surface area (Å²) in [4.78, 5) is 19.6. The molecule has 0 aliphatic rings. The van der Waals surface area contributed by atoms with Gasteiger partial charge in [0.2, 0.25) is 5.91 Å². The van der Waals surface area contributed by atoms with Crippen molar-refractivity contribution < 1.29 is 4.79 Å². The predicted molar refractivity (Wildman–Crippen MR) is 99.7 cm³/mol. The summed E-state index contributed by atoms with van der Waals surface area (Å²) in [6.07, 6.45) is 0.840. The molecule has 2 N–H and O–H groups in total. The van der Waals surface area contributed by atoms with Gasteiger partial charge in [-0.3, -0.25) is 4.79 Å². The normalized spacial score (nSPS) is 10.9. The standard InChI is InChI=1S/C18H18ClN3OS/c1-12-4-2-3-5-13(12)8-9-20-17(23)11-24-18-21-15-7-6-14(19)10-16(15)22-18/h2-7,10H,8-9,11H2,1H3,(H,20,23)(H,21,22). The first kappa shape index (κ1) is 16.9. The van der Waals surface area contributed by atoms with Crippen molar-refractivity contribution in [3.8, 4) is 0 Å². The Morgan fingerprint density at radius 3 is 2.96 bits per heavy atom. The molecule has 0 aliphatic carbocycles. The van der Waals surface area contributed by atoms with Gasteiger partial charge in [0.05, 0.1) is 16.8 Å². The highest BCUT2D eigenvalue weighted by Crippen LogP contribution is 2.22. The number of nitrogens with zero attached hydrogens (tertiary/aromatic N) is 1. The zero-order chi connectivity index (χ0) is 16.9. The monoisotopic (exact) mass is 359 g/mol. The van der Waals surface area contributed by atoms with E-state index in [1.54, 1.807) is 6.07 Å². The fraction of sp³-hybridized carbons (Fsp3) is 0.222. The van der Waals surface area contributed by atoms with E-state index in [1.165, 1.54) is 22.9 Å². The summed E-state index contributed by atoms with van der Waals surface area (Å²) in [5.41, 5.74) is 4.24. The number of thioether (sulfide) groups is 1. The second kappa shape index (κ2) is 7.73. The molecule has 0 saturated heterocycles. The van der Waals surface area contributed by atoms with E-state index in [9.17, 15) is 4.79 Å². The van der Waals surface area contributed by atoms with Crippen LogP contribution in [0.5, 0.6) is 0 Å². The van der Waals surface area contributed by atoms with Crippen molar-refractivity contribution in [2.75, 3.05) is 12.3 Å². The summed E-state index contributed by atoms with van der Waals surface area (Å²) < 4.78 is 0. The second-order valence-electron chi connectivity index (χ2n) is 5.52. The lowest BCUT2D eigenvalue weighted by Gasteiger charge is -2.07. The fourth-order valence-corrected chi connectivity index (χ4v) is 3.33. The van der Waals surface area contributed by atoms with E-state index in [4.69, 9.17) is 11.6 Å². The van der Waals surface area contributed by atoms with Crippen LogP contribution in [0.4, 0.5) is 0 Å². The highest BCUT2D eigenvalue weighted by atomic mass is 35.5. The summed E-state index contributed by atoms with van der Waals surface area (Å²) in [5, 5.41) is 4.34. The lowest BCUT2D eigenvalue weighted by Crippen LogP contribution is -2.27. The molecule has 0 spiro atoms. The molecule has 124 valence electrons. The molecule has 0 radical (unpaired) electrons. The summed E-state index contributed by atoms with van der Waals surface area (Å²) in [7, 11) is 0. The van der Waals surface area contributed by atoms with E-state index in [0.29, 0.717) is 17.3 Å². The molecule has 6 heteroatoms. The molecule has 1 heterocycles. The zero-order valence-electron chi connectivity index (χ0n) is 13.3. The molecule has 0 fully saturated rings. The number of H-pyrrole nitrogens is 1. The van der Waals surface area contributed by atoms with Gasteiger partial charge < -0.3 is 10.3 Å². The largest absolute Gasteiger partial charge is 0.355 e. The number of hydrogen-bond donors (Lipinski definition) is 2. The average Bonchev–Trinajstić information content (AvgIpc) is 2.97. The third-order valence-corrected chi connectivity index (χ3v) is 4.85. The van der Waals surface area contributed by atoms with Crippen molar-refractivity contribution in [2.24, 2.45) is 0 Å². The Morgan fingerprint density at radius 1 is 1.29 bits per heavy atom. The van der Waals surface area contributed by atoms with Crippen LogP contribution in [0.1, 0.15) is 11.1 Å². The van der Waals surface area contributed by atoms with E-state index >= 15 is 0 Å². The van der Waals surface area contributed by atoms with E-state index in [0.717, 1.165) is 22.6 Å². The van der Waals surface area contributed by atoms with E-state index < -0.39 is 0 Å². The maximum atomic E-state index is 12.0. The third-order valence-electron chi connectivity index (χ3n) is 3.74. The average molecular weight is 360 g/mol. The minimum absolute atomic E-state index is 0.00655.